The summed E-state index contributed by atoms with van der Waals surface area (Å²) in [7, 11) is 1.39. The molecular formula is C19H13BrN2O6. The predicted octanol–water partition coefficient (Wildman–Crippen LogP) is 2.43. The number of carbonyl (C=O) groups is 4. The zero-order chi connectivity index (χ0) is 20.3. The van der Waals surface area contributed by atoms with Crippen molar-refractivity contribution in [2.75, 3.05) is 7.11 Å². The highest BCUT2D eigenvalue weighted by molar-refractivity contribution is 9.10. The van der Waals surface area contributed by atoms with Crippen molar-refractivity contribution in [1.29, 1.82) is 0 Å². The Balaban J connectivity index is 1.87. The van der Waals surface area contributed by atoms with E-state index in [0.717, 1.165) is 0 Å². The maximum Gasteiger partial charge on any atom is 0.344 e. The molecule has 0 radical (unpaired) electrons. The van der Waals surface area contributed by atoms with Gasteiger partial charge in [-0.1, -0.05) is 18.2 Å². The van der Waals surface area contributed by atoms with E-state index in [1.54, 1.807) is 24.3 Å². The Bertz CT molecular complexity index is 1010. The summed E-state index contributed by atoms with van der Waals surface area (Å²) in [6, 6.07) is 10.4. The number of amides is 4. The van der Waals surface area contributed by atoms with Gasteiger partial charge in [0.15, 0.2) is 11.5 Å². The van der Waals surface area contributed by atoms with Crippen molar-refractivity contribution in [1.82, 2.24) is 10.6 Å². The van der Waals surface area contributed by atoms with Gasteiger partial charge in [-0.2, -0.15) is 0 Å². The summed E-state index contributed by atoms with van der Waals surface area (Å²) in [5.41, 5.74) is 0.544. The lowest BCUT2D eigenvalue weighted by Gasteiger charge is -2.14. The zero-order valence-electron chi connectivity index (χ0n) is 14.4. The first kappa shape index (κ1) is 19.3. The van der Waals surface area contributed by atoms with Crippen LogP contribution in [-0.2, 0) is 9.59 Å². The molecule has 2 N–H and O–H groups in total. The summed E-state index contributed by atoms with van der Waals surface area (Å²) < 4.78 is 11.2. The molecule has 0 aromatic heterocycles. The predicted molar refractivity (Wildman–Crippen MR) is 102 cm³/mol. The molecule has 2 aromatic rings. The fourth-order valence-corrected chi connectivity index (χ4v) is 2.86. The summed E-state index contributed by atoms with van der Waals surface area (Å²) in [6.07, 6.45) is 1.29. The number of halogens is 1. The van der Waals surface area contributed by atoms with Gasteiger partial charge < -0.3 is 9.47 Å². The van der Waals surface area contributed by atoms with Gasteiger partial charge in [0.1, 0.15) is 5.57 Å². The lowest BCUT2D eigenvalue weighted by Crippen LogP contribution is -2.51. The number of barbiturate groups is 1. The van der Waals surface area contributed by atoms with Crippen molar-refractivity contribution < 1.29 is 28.7 Å². The Morgan fingerprint density at radius 1 is 1.00 bits per heavy atom. The van der Waals surface area contributed by atoms with Gasteiger partial charge in [0.05, 0.1) is 12.7 Å². The lowest BCUT2D eigenvalue weighted by molar-refractivity contribution is -0.123. The standard InChI is InChI=1S/C19H13BrN2O6/c1-27-15-9-10(8-12-16(23)21-19(26)22-17(12)24)6-7-14(15)28-18(25)11-4-2-3-5-13(11)20/h2-9H,1H3,(H2,21,22,23,24,26). The minimum Gasteiger partial charge on any atom is -0.493 e. The summed E-state index contributed by atoms with van der Waals surface area (Å²) in [5.74, 6) is -1.81. The number of carbonyl (C=O) groups excluding carboxylic acids is 4. The fraction of sp³-hybridized carbons (Fsp3) is 0.0526. The van der Waals surface area contributed by atoms with E-state index in [4.69, 9.17) is 9.47 Å². The molecule has 0 aliphatic carbocycles. The lowest BCUT2D eigenvalue weighted by atomic mass is 10.1. The van der Waals surface area contributed by atoms with E-state index in [9.17, 15) is 19.2 Å². The Morgan fingerprint density at radius 2 is 1.68 bits per heavy atom. The Kier molecular flexibility index (Phi) is 5.55. The van der Waals surface area contributed by atoms with Crippen LogP contribution in [0.3, 0.4) is 0 Å². The van der Waals surface area contributed by atoms with Crippen LogP contribution in [0.1, 0.15) is 15.9 Å². The van der Waals surface area contributed by atoms with E-state index in [2.05, 4.69) is 15.9 Å². The molecule has 2 aromatic carbocycles. The Hall–Kier alpha value is -3.46. The third-order valence-electron chi connectivity index (χ3n) is 3.74. The van der Waals surface area contributed by atoms with Crippen LogP contribution < -0.4 is 20.1 Å². The van der Waals surface area contributed by atoms with Gasteiger partial charge in [-0.25, -0.2) is 9.59 Å². The van der Waals surface area contributed by atoms with Crippen LogP contribution in [0.15, 0.2) is 52.5 Å². The summed E-state index contributed by atoms with van der Waals surface area (Å²) in [6.45, 7) is 0. The normalized spacial score (nSPS) is 13.5. The van der Waals surface area contributed by atoms with Crippen LogP contribution in [0, 0.1) is 0 Å². The van der Waals surface area contributed by atoms with Gasteiger partial charge in [-0.15, -0.1) is 0 Å². The average Bonchev–Trinajstić information content (AvgIpc) is 2.65. The summed E-state index contributed by atoms with van der Waals surface area (Å²) in [4.78, 5) is 47.1. The molecule has 0 spiro atoms. The monoisotopic (exact) mass is 444 g/mol. The van der Waals surface area contributed by atoms with Crippen LogP contribution in [0.4, 0.5) is 4.79 Å². The van der Waals surface area contributed by atoms with Crippen LogP contribution in [0.2, 0.25) is 0 Å². The average molecular weight is 445 g/mol. The molecular weight excluding hydrogens is 432 g/mol. The van der Waals surface area contributed by atoms with E-state index in [1.165, 1.54) is 31.4 Å². The Labute approximate surface area is 167 Å². The second-order valence-electron chi connectivity index (χ2n) is 5.58. The van der Waals surface area contributed by atoms with Crippen molar-refractivity contribution in [2.24, 2.45) is 0 Å². The maximum atomic E-state index is 12.4. The van der Waals surface area contributed by atoms with Gasteiger partial charge in [-0.3, -0.25) is 20.2 Å². The van der Waals surface area contributed by atoms with Crippen LogP contribution >= 0.6 is 15.9 Å². The highest BCUT2D eigenvalue weighted by Gasteiger charge is 2.27. The van der Waals surface area contributed by atoms with Gasteiger partial charge in [0.2, 0.25) is 0 Å². The quantitative estimate of drug-likeness (QED) is 0.324. The highest BCUT2D eigenvalue weighted by atomic mass is 79.9. The molecule has 0 unspecified atom stereocenters. The van der Waals surface area contributed by atoms with Gasteiger partial charge >= 0.3 is 12.0 Å². The maximum absolute atomic E-state index is 12.4. The number of hydrogen-bond donors (Lipinski definition) is 2. The molecule has 1 aliphatic rings. The smallest absolute Gasteiger partial charge is 0.344 e. The minimum absolute atomic E-state index is 0.165. The van der Waals surface area contributed by atoms with Gasteiger partial charge in [0.25, 0.3) is 11.8 Å². The molecule has 3 rings (SSSR count). The van der Waals surface area contributed by atoms with Crippen molar-refractivity contribution in [3.8, 4) is 11.5 Å². The molecule has 28 heavy (non-hydrogen) atoms. The SMILES string of the molecule is COc1cc(C=C2C(=O)NC(=O)NC2=O)ccc1OC(=O)c1ccccc1Br. The van der Waals surface area contributed by atoms with E-state index < -0.39 is 23.8 Å². The largest absolute Gasteiger partial charge is 0.493 e. The molecule has 9 heteroatoms. The van der Waals surface area contributed by atoms with Gasteiger partial charge in [0, 0.05) is 4.47 Å². The number of hydrogen-bond acceptors (Lipinski definition) is 6. The van der Waals surface area contributed by atoms with Crippen LogP contribution in [-0.4, -0.2) is 30.9 Å². The number of esters is 1. The third kappa shape index (κ3) is 4.09. The van der Waals surface area contributed by atoms with Crippen molar-refractivity contribution in [3.05, 3.63) is 63.6 Å². The number of imide groups is 2. The van der Waals surface area contributed by atoms with E-state index in [-0.39, 0.29) is 17.1 Å². The number of nitrogens with one attached hydrogen (secondary N) is 2. The molecule has 1 saturated heterocycles. The van der Waals surface area contributed by atoms with Crippen molar-refractivity contribution in [2.45, 2.75) is 0 Å². The molecule has 1 aliphatic heterocycles. The molecule has 8 nitrogen and oxygen atoms in total. The van der Waals surface area contributed by atoms with Crippen LogP contribution in [0.25, 0.3) is 6.08 Å². The fourth-order valence-electron chi connectivity index (χ4n) is 2.41. The van der Waals surface area contributed by atoms with Crippen molar-refractivity contribution in [3.63, 3.8) is 0 Å². The zero-order valence-corrected chi connectivity index (χ0v) is 16.0. The second-order valence-corrected chi connectivity index (χ2v) is 6.43. The minimum atomic E-state index is -0.876. The molecule has 0 bridgehead atoms. The first-order valence-electron chi connectivity index (χ1n) is 7.92. The van der Waals surface area contributed by atoms with Gasteiger partial charge in [-0.05, 0) is 51.8 Å². The number of rotatable bonds is 4. The highest BCUT2D eigenvalue weighted by Crippen LogP contribution is 2.30. The molecule has 0 saturated carbocycles. The van der Waals surface area contributed by atoms with Crippen molar-refractivity contribution >= 4 is 45.8 Å². The first-order chi connectivity index (χ1) is 13.4. The number of ether oxygens (including phenoxy) is 2. The number of benzene rings is 2. The molecule has 1 heterocycles. The number of urea groups is 1. The number of methoxy groups -OCH3 is 1. The Morgan fingerprint density at radius 3 is 2.32 bits per heavy atom. The molecule has 0 atom stereocenters. The molecule has 1 fully saturated rings. The topological polar surface area (TPSA) is 111 Å². The van der Waals surface area contributed by atoms with E-state index >= 15 is 0 Å². The second kappa shape index (κ2) is 8.05. The van der Waals surface area contributed by atoms with Crippen LogP contribution in [0.5, 0.6) is 11.5 Å². The van der Waals surface area contributed by atoms with E-state index in [1.807, 2.05) is 10.6 Å². The molecule has 142 valence electrons. The van der Waals surface area contributed by atoms with E-state index in [0.29, 0.717) is 15.6 Å². The molecule has 4 amide bonds. The first-order valence-corrected chi connectivity index (χ1v) is 8.71. The summed E-state index contributed by atoms with van der Waals surface area (Å²) in [5, 5.41) is 3.97. The third-order valence-corrected chi connectivity index (χ3v) is 4.43. The summed E-state index contributed by atoms with van der Waals surface area (Å²) >= 11 is 3.29.